The molecule has 2 N–H and O–H groups in total. The highest BCUT2D eigenvalue weighted by Gasteiger charge is 2.18. The van der Waals surface area contributed by atoms with Gasteiger partial charge in [-0.05, 0) is 25.3 Å². The molecule has 17 heavy (non-hydrogen) atoms. The first-order chi connectivity index (χ1) is 8.36. The summed E-state index contributed by atoms with van der Waals surface area (Å²) in [5.74, 6) is 1.00. The fourth-order valence-electron chi connectivity index (χ4n) is 2.88. The van der Waals surface area contributed by atoms with Crippen molar-refractivity contribution in [2.24, 2.45) is 5.92 Å². The van der Waals surface area contributed by atoms with Gasteiger partial charge in [-0.2, -0.15) is 0 Å². The van der Waals surface area contributed by atoms with Crippen molar-refractivity contribution in [3.8, 4) is 0 Å². The Labute approximate surface area is 104 Å². The third-order valence-electron chi connectivity index (χ3n) is 3.94. The average Bonchev–Trinajstić information content (AvgIpc) is 2.95. The Morgan fingerprint density at radius 2 is 2.12 bits per heavy atom. The molecule has 2 fully saturated rings. The van der Waals surface area contributed by atoms with E-state index in [4.69, 9.17) is 0 Å². The highest BCUT2D eigenvalue weighted by molar-refractivity contribution is 5.76. The molecular weight excluding hydrogens is 214 g/mol. The van der Waals surface area contributed by atoms with Crippen LogP contribution in [0.1, 0.15) is 38.5 Å². The van der Waals surface area contributed by atoms with Crippen LogP contribution in [0.15, 0.2) is 0 Å². The maximum atomic E-state index is 11.3. The molecule has 0 aromatic heterocycles. The van der Waals surface area contributed by atoms with Crippen LogP contribution in [-0.4, -0.2) is 43.7 Å². The molecule has 4 heteroatoms. The molecule has 2 rings (SSSR count). The second-order valence-corrected chi connectivity index (χ2v) is 5.26. The predicted molar refractivity (Wildman–Crippen MR) is 69.0 cm³/mol. The first-order valence-corrected chi connectivity index (χ1v) is 7.10. The number of rotatable bonds is 7. The zero-order valence-electron chi connectivity index (χ0n) is 10.7. The third kappa shape index (κ3) is 4.19. The number of nitrogens with one attached hydrogen (secondary N) is 2. The normalized spacial score (nSPS) is 21.2. The van der Waals surface area contributed by atoms with Gasteiger partial charge in [0.1, 0.15) is 0 Å². The molecule has 2 aliphatic rings. The minimum atomic E-state index is 0.0951. The van der Waals surface area contributed by atoms with E-state index in [9.17, 15) is 4.79 Å². The van der Waals surface area contributed by atoms with E-state index in [0.29, 0.717) is 0 Å². The Balaban J connectivity index is 1.42. The third-order valence-corrected chi connectivity index (χ3v) is 3.94. The quantitative estimate of drug-likeness (QED) is 0.662. The summed E-state index contributed by atoms with van der Waals surface area (Å²) in [7, 11) is 0. The van der Waals surface area contributed by atoms with Gasteiger partial charge in [0, 0.05) is 26.2 Å². The molecule has 1 heterocycles. The first kappa shape index (κ1) is 12.7. The number of hydrogen-bond acceptors (Lipinski definition) is 2. The van der Waals surface area contributed by atoms with Crippen molar-refractivity contribution in [2.75, 3.05) is 32.7 Å². The van der Waals surface area contributed by atoms with E-state index >= 15 is 0 Å². The van der Waals surface area contributed by atoms with Gasteiger partial charge in [0.25, 0.3) is 0 Å². The Morgan fingerprint density at radius 3 is 2.82 bits per heavy atom. The number of hydrogen-bond donors (Lipinski definition) is 2. The summed E-state index contributed by atoms with van der Waals surface area (Å²) in [6.07, 6.45) is 8.47. The zero-order valence-corrected chi connectivity index (χ0v) is 10.7. The SMILES string of the molecule is O=C1NCCN1CCNCCCC1CCCC1. The van der Waals surface area contributed by atoms with Crippen molar-refractivity contribution in [3.05, 3.63) is 0 Å². The number of nitrogens with zero attached hydrogens (tertiary/aromatic N) is 1. The molecule has 1 saturated heterocycles. The summed E-state index contributed by atoms with van der Waals surface area (Å²) in [4.78, 5) is 13.1. The predicted octanol–water partition coefficient (Wildman–Crippen LogP) is 1.57. The van der Waals surface area contributed by atoms with E-state index in [0.717, 1.165) is 38.6 Å². The maximum Gasteiger partial charge on any atom is 0.317 e. The van der Waals surface area contributed by atoms with Crippen LogP contribution < -0.4 is 10.6 Å². The average molecular weight is 239 g/mol. The van der Waals surface area contributed by atoms with Gasteiger partial charge in [-0.25, -0.2) is 4.79 Å². The summed E-state index contributed by atoms with van der Waals surface area (Å²) >= 11 is 0. The number of urea groups is 1. The summed E-state index contributed by atoms with van der Waals surface area (Å²) < 4.78 is 0. The minimum Gasteiger partial charge on any atom is -0.336 e. The molecule has 0 aromatic carbocycles. The van der Waals surface area contributed by atoms with Crippen molar-refractivity contribution < 1.29 is 4.79 Å². The zero-order chi connectivity index (χ0) is 11.9. The van der Waals surface area contributed by atoms with Crippen LogP contribution in [0.3, 0.4) is 0 Å². The summed E-state index contributed by atoms with van der Waals surface area (Å²) in [6, 6.07) is 0.0951. The second kappa shape index (κ2) is 6.84. The standard InChI is InChI=1S/C13H25N3O/c17-13-15-9-11-16(13)10-8-14-7-3-6-12-4-1-2-5-12/h12,14H,1-11H2,(H,15,17). The van der Waals surface area contributed by atoms with Gasteiger partial charge in [0.2, 0.25) is 0 Å². The fourth-order valence-corrected chi connectivity index (χ4v) is 2.88. The molecule has 0 unspecified atom stereocenters. The highest BCUT2D eigenvalue weighted by Crippen LogP contribution is 2.28. The van der Waals surface area contributed by atoms with Crippen LogP contribution in [-0.2, 0) is 0 Å². The molecule has 0 bridgehead atoms. The van der Waals surface area contributed by atoms with E-state index in [2.05, 4.69) is 10.6 Å². The molecule has 4 nitrogen and oxygen atoms in total. The van der Waals surface area contributed by atoms with Crippen molar-refractivity contribution in [3.63, 3.8) is 0 Å². The molecule has 0 radical (unpaired) electrons. The number of carbonyl (C=O) groups is 1. The lowest BCUT2D eigenvalue weighted by Gasteiger charge is -2.14. The van der Waals surface area contributed by atoms with E-state index in [1.807, 2.05) is 4.90 Å². The van der Waals surface area contributed by atoms with Gasteiger partial charge in [0.05, 0.1) is 0 Å². The second-order valence-electron chi connectivity index (χ2n) is 5.26. The van der Waals surface area contributed by atoms with Gasteiger partial charge >= 0.3 is 6.03 Å². The van der Waals surface area contributed by atoms with Gasteiger partial charge in [-0.1, -0.05) is 25.7 Å². The van der Waals surface area contributed by atoms with E-state index < -0.39 is 0 Å². The van der Waals surface area contributed by atoms with Gasteiger partial charge < -0.3 is 15.5 Å². The Bertz CT molecular complexity index is 239. The van der Waals surface area contributed by atoms with E-state index in [1.54, 1.807) is 0 Å². The van der Waals surface area contributed by atoms with Crippen molar-refractivity contribution in [1.29, 1.82) is 0 Å². The summed E-state index contributed by atoms with van der Waals surface area (Å²) in [5, 5.41) is 6.25. The lowest BCUT2D eigenvalue weighted by Crippen LogP contribution is -2.35. The topological polar surface area (TPSA) is 44.4 Å². The van der Waals surface area contributed by atoms with Crippen LogP contribution in [0.25, 0.3) is 0 Å². The van der Waals surface area contributed by atoms with Gasteiger partial charge in [-0.3, -0.25) is 0 Å². The van der Waals surface area contributed by atoms with Crippen LogP contribution in [0, 0.1) is 5.92 Å². The molecule has 0 aromatic rings. The van der Waals surface area contributed by atoms with Crippen molar-refractivity contribution in [2.45, 2.75) is 38.5 Å². The minimum absolute atomic E-state index is 0.0951. The summed E-state index contributed by atoms with van der Waals surface area (Å²) in [5.41, 5.74) is 0. The molecule has 0 spiro atoms. The Hall–Kier alpha value is -0.770. The van der Waals surface area contributed by atoms with Crippen LogP contribution in [0.4, 0.5) is 4.79 Å². The van der Waals surface area contributed by atoms with E-state index in [-0.39, 0.29) is 6.03 Å². The Kier molecular flexibility index (Phi) is 5.10. The van der Waals surface area contributed by atoms with Crippen molar-refractivity contribution in [1.82, 2.24) is 15.5 Å². The number of carbonyl (C=O) groups excluding carboxylic acids is 1. The van der Waals surface area contributed by atoms with E-state index in [1.165, 1.54) is 38.5 Å². The largest absolute Gasteiger partial charge is 0.336 e. The van der Waals surface area contributed by atoms with Crippen LogP contribution >= 0.6 is 0 Å². The van der Waals surface area contributed by atoms with Gasteiger partial charge in [-0.15, -0.1) is 0 Å². The first-order valence-electron chi connectivity index (χ1n) is 7.10. The number of amides is 2. The van der Waals surface area contributed by atoms with Crippen molar-refractivity contribution >= 4 is 6.03 Å². The lowest BCUT2D eigenvalue weighted by molar-refractivity contribution is 0.217. The molecule has 2 amide bonds. The fraction of sp³-hybridized carbons (Fsp3) is 0.923. The monoisotopic (exact) mass is 239 g/mol. The van der Waals surface area contributed by atoms with Gasteiger partial charge in [0.15, 0.2) is 0 Å². The van der Waals surface area contributed by atoms with Crippen LogP contribution in [0.5, 0.6) is 0 Å². The molecule has 98 valence electrons. The molecular formula is C13H25N3O. The molecule has 1 aliphatic carbocycles. The maximum absolute atomic E-state index is 11.3. The highest BCUT2D eigenvalue weighted by atomic mass is 16.2. The molecule has 1 saturated carbocycles. The summed E-state index contributed by atoms with van der Waals surface area (Å²) in [6.45, 7) is 4.54. The molecule has 0 atom stereocenters. The lowest BCUT2D eigenvalue weighted by atomic mass is 10.0. The Morgan fingerprint density at radius 1 is 1.29 bits per heavy atom. The smallest absolute Gasteiger partial charge is 0.317 e. The van der Waals surface area contributed by atoms with Crippen LogP contribution in [0.2, 0.25) is 0 Å². The molecule has 1 aliphatic heterocycles.